The van der Waals surface area contributed by atoms with Gasteiger partial charge in [-0.2, -0.15) is 0 Å². The highest BCUT2D eigenvalue weighted by Crippen LogP contribution is 2.53. The maximum absolute atomic E-state index is 6.32. The Kier molecular flexibility index (Phi) is 18.3. The van der Waals surface area contributed by atoms with E-state index in [2.05, 4.69) is 373 Å². The Hall–Kier alpha value is -18.8. The van der Waals surface area contributed by atoms with Crippen molar-refractivity contribution in [2.75, 3.05) is 0 Å². The first-order valence-electron chi connectivity index (χ1n) is 48.2. The van der Waals surface area contributed by atoms with Gasteiger partial charge in [-0.05, 0) is 173 Å². The molecule has 0 unspecified atom stereocenters. The van der Waals surface area contributed by atoms with Crippen LogP contribution >= 0.6 is 11.3 Å². The van der Waals surface area contributed by atoms with Crippen molar-refractivity contribution in [2.24, 2.45) is 0 Å². The average molecular weight is 1850 g/mol. The summed E-state index contributed by atoms with van der Waals surface area (Å²) in [6, 6.07) is 155. The van der Waals surface area contributed by atoms with Crippen molar-refractivity contribution < 1.29 is 17.7 Å². The number of furan rings is 4. The van der Waals surface area contributed by atoms with E-state index in [1.807, 2.05) is 108 Å². The molecule has 1 aliphatic rings. The SMILES string of the molecule is CC1(C)c2ccccc2-c2cc3c(cc21)c1ccccc1n3-c1nc(-c2ccccc2)cc(-c2ccc3oc4ccccc4c3c2)n1.c1ccc(-c2cc(-c3cccc4oc5ccccc5c34)nc(-n3c4ccccc4c4cc5oc6ccccc6c5cc43)n2)cc1.c1ccc(-c2ccc(-c3cc(-c4ccc5c(c4)oc4ccccc45)nc(-n4c5ccccc5c5cc6sc7ccccc7c6cc54)n3)cc2)cc1. The third kappa shape index (κ3) is 13.2. The highest BCUT2D eigenvalue weighted by molar-refractivity contribution is 7.25. The quantitative estimate of drug-likeness (QED) is 0.130. The van der Waals surface area contributed by atoms with Crippen LogP contribution in [0.25, 0.3) is 281 Å². The molecule has 31 rings (SSSR count). The first-order valence-corrected chi connectivity index (χ1v) is 49.0. The minimum Gasteiger partial charge on any atom is -0.456 e. The summed E-state index contributed by atoms with van der Waals surface area (Å²) >= 11 is 1.84. The van der Waals surface area contributed by atoms with Gasteiger partial charge in [0, 0.05) is 134 Å². The molecule has 13 nitrogen and oxygen atoms in total. The zero-order valence-corrected chi connectivity index (χ0v) is 78.0. The van der Waals surface area contributed by atoms with Crippen LogP contribution in [0.3, 0.4) is 0 Å². The van der Waals surface area contributed by atoms with Gasteiger partial charge in [-0.25, -0.2) is 29.9 Å². The molecule has 0 saturated heterocycles. The van der Waals surface area contributed by atoms with Crippen molar-refractivity contribution in [3.05, 3.63) is 454 Å². The van der Waals surface area contributed by atoms with Gasteiger partial charge in [0.2, 0.25) is 17.8 Å². The van der Waals surface area contributed by atoms with E-state index in [0.29, 0.717) is 17.8 Å². The molecular weight excluding hydrogens is 1770 g/mol. The number of nitrogens with zero attached hydrogens (tertiary/aromatic N) is 9. The van der Waals surface area contributed by atoms with Crippen molar-refractivity contribution in [3.8, 4) is 108 Å². The van der Waals surface area contributed by atoms with E-state index in [9.17, 15) is 0 Å². The van der Waals surface area contributed by atoms with Crippen LogP contribution in [0.4, 0.5) is 0 Å². The van der Waals surface area contributed by atoms with Crippen molar-refractivity contribution in [2.45, 2.75) is 19.3 Å². The summed E-state index contributed by atoms with van der Waals surface area (Å²) in [5, 5.41) is 18.1. The number of fused-ring (bicyclic) bond motifs is 27. The van der Waals surface area contributed by atoms with Crippen molar-refractivity contribution in [3.63, 3.8) is 0 Å². The molecule has 1 aliphatic carbocycles. The van der Waals surface area contributed by atoms with Crippen LogP contribution in [0.5, 0.6) is 0 Å². The monoisotopic (exact) mass is 1850 g/mol. The van der Waals surface area contributed by atoms with Gasteiger partial charge in [-0.3, -0.25) is 13.7 Å². The average Bonchev–Trinajstić information content (AvgIpc) is 1.70. The summed E-state index contributed by atoms with van der Waals surface area (Å²) in [5.41, 5.74) is 32.1. The van der Waals surface area contributed by atoms with E-state index in [1.165, 1.54) is 75.1 Å². The van der Waals surface area contributed by atoms with E-state index >= 15 is 0 Å². The molecule has 0 bridgehead atoms. The number of rotatable bonds is 10. The Morgan fingerprint density at radius 1 is 0.189 bits per heavy atom. The maximum Gasteiger partial charge on any atom is 0.235 e. The summed E-state index contributed by atoms with van der Waals surface area (Å²) in [4.78, 5) is 31.8. The van der Waals surface area contributed by atoms with Gasteiger partial charge in [-0.1, -0.05) is 317 Å². The number of para-hydroxylation sites is 7. The van der Waals surface area contributed by atoms with Gasteiger partial charge in [0.25, 0.3) is 0 Å². The largest absolute Gasteiger partial charge is 0.456 e. The predicted molar refractivity (Wildman–Crippen MR) is 587 cm³/mol. The van der Waals surface area contributed by atoms with Crippen LogP contribution in [0.15, 0.2) is 461 Å². The van der Waals surface area contributed by atoms with Crippen molar-refractivity contribution >= 4 is 185 Å². The molecule has 0 amide bonds. The van der Waals surface area contributed by atoms with Gasteiger partial charge in [0.15, 0.2) is 0 Å². The van der Waals surface area contributed by atoms with E-state index in [0.717, 1.165) is 199 Å². The first kappa shape index (κ1) is 81.4. The van der Waals surface area contributed by atoms with Gasteiger partial charge >= 0.3 is 0 Å². The normalized spacial score (nSPS) is 12.5. The molecular formula is C129H79N9O4S. The van der Waals surface area contributed by atoms with Crippen LogP contribution < -0.4 is 0 Å². The molecule has 19 aromatic carbocycles. The zero-order valence-electron chi connectivity index (χ0n) is 77.2. The van der Waals surface area contributed by atoms with Gasteiger partial charge in [-0.15, -0.1) is 11.3 Å². The van der Waals surface area contributed by atoms with Gasteiger partial charge < -0.3 is 17.7 Å². The molecule has 0 fully saturated rings. The molecule has 143 heavy (non-hydrogen) atoms. The molecule has 0 aliphatic heterocycles. The fraction of sp³-hybridized carbons (Fsp3) is 0.0233. The van der Waals surface area contributed by atoms with E-state index in [-0.39, 0.29) is 5.41 Å². The van der Waals surface area contributed by atoms with E-state index in [4.69, 9.17) is 47.6 Å². The lowest BCUT2D eigenvalue weighted by Crippen LogP contribution is -2.14. The van der Waals surface area contributed by atoms with Gasteiger partial charge in [0.05, 0.1) is 67.3 Å². The molecule has 30 aromatic rings. The third-order valence-corrected chi connectivity index (χ3v) is 30.0. The Bertz CT molecular complexity index is 10500. The molecule has 0 atom stereocenters. The molecule has 0 N–H and O–H groups in total. The lowest BCUT2D eigenvalue weighted by atomic mass is 9.82. The zero-order chi connectivity index (χ0) is 94.2. The summed E-state index contributed by atoms with van der Waals surface area (Å²) in [6.45, 7) is 4.67. The minimum atomic E-state index is -0.0872. The summed E-state index contributed by atoms with van der Waals surface area (Å²) in [7, 11) is 0. The lowest BCUT2D eigenvalue weighted by molar-refractivity contribution is 0.661. The second kappa shape index (κ2) is 32.2. The van der Waals surface area contributed by atoms with Crippen LogP contribution in [0.2, 0.25) is 0 Å². The molecule has 670 valence electrons. The molecule has 0 spiro atoms. The fourth-order valence-corrected chi connectivity index (χ4v) is 23.2. The fourth-order valence-electron chi connectivity index (χ4n) is 22.1. The minimum absolute atomic E-state index is 0.0872. The number of benzene rings is 19. The highest BCUT2D eigenvalue weighted by Gasteiger charge is 2.37. The van der Waals surface area contributed by atoms with Crippen LogP contribution in [0, 0.1) is 0 Å². The van der Waals surface area contributed by atoms with Crippen LogP contribution in [-0.2, 0) is 5.41 Å². The molecule has 11 heterocycles. The highest BCUT2D eigenvalue weighted by atomic mass is 32.1. The molecule has 0 saturated carbocycles. The number of aromatic nitrogens is 9. The van der Waals surface area contributed by atoms with E-state index in [1.54, 1.807) is 0 Å². The molecule has 0 radical (unpaired) electrons. The maximum atomic E-state index is 6.32. The van der Waals surface area contributed by atoms with Crippen LogP contribution in [0.1, 0.15) is 25.0 Å². The molecule has 14 heteroatoms. The number of hydrogen-bond donors (Lipinski definition) is 0. The smallest absolute Gasteiger partial charge is 0.235 e. The van der Waals surface area contributed by atoms with E-state index < -0.39 is 0 Å². The lowest BCUT2D eigenvalue weighted by Gasteiger charge is -2.21. The number of hydrogen-bond acceptors (Lipinski definition) is 11. The standard InChI is InChI=1S/C46H27N3OS.C43H29N3O.C40H23N3O2/c1-2-10-28(11-3-1)29-18-20-30(21-19-29)38-27-39(31-22-23-34-33-13-5-8-16-42(33)50-43(34)24-31)48-46(47-38)49-40-15-7-4-12-32(40)36-26-45-37(25-41(36)49)35-14-6-9-17-44(35)51-45;1-43(2)34-17-9-6-14-28(34)31-24-39-32(23-35(31)43)29-15-7-10-18-38(29)46(39)42-44-36(26-12-4-3-5-13-26)25-37(45-42)27-20-21-41-33(22-27)30-16-8-11-19-40(30)47-41;1-2-11-24(12-3-1)31-23-32(27-16-10-20-37-39(27)28-15-6-9-19-36(28)44-37)42-40(41-31)43-33-17-7-4-13-25(33)29-22-38-30(21-34(29)43)26-14-5-8-18-35(26)45-38/h1-27H;3-25H,1-2H3;1-23H. The van der Waals surface area contributed by atoms with Crippen molar-refractivity contribution in [1.29, 1.82) is 0 Å². The summed E-state index contributed by atoms with van der Waals surface area (Å²) in [6.07, 6.45) is 0. The van der Waals surface area contributed by atoms with Gasteiger partial charge in [0.1, 0.15) is 44.7 Å². The second-order valence-electron chi connectivity index (χ2n) is 37.5. The summed E-state index contributed by atoms with van der Waals surface area (Å²) < 4.78 is 34.3. The summed E-state index contributed by atoms with van der Waals surface area (Å²) in [5.74, 6) is 1.88. The topological polar surface area (TPSA) is 145 Å². The Labute approximate surface area is 821 Å². The Balaban J connectivity index is 0.000000102. The third-order valence-electron chi connectivity index (χ3n) is 28.9. The second-order valence-corrected chi connectivity index (χ2v) is 38.5. The Morgan fingerprint density at radius 3 is 1.15 bits per heavy atom. The predicted octanol–water partition coefficient (Wildman–Crippen LogP) is 34.7. The Morgan fingerprint density at radius 2 is 0.552 bits per heavy atom. The van der Waals surface area contributed by atoms with Crippen LogP contribution in [-0.4, -0.2) is 43.6 Å². The first-order chi connectivity index (χ1) is 70.6. The van der Waals surface area contributed by atoms with Crippen molar-refractivity contribution in [1.82, 2.24) is 43.6 Å². The molecule has 11 aromatic heterocycles. The number of thiophene rings is 1.